The number of hydrogen-bond donors (Lipinski definition) is 1. The zero-order valence-electron chi connectivity index (χ0n) is 17.3. The predicted octanol–water partition coefficient (Wildman–Crippen LogP) is 4.83. The van der Waals surface area contributed by atoms with Gasteiger partial charge in [0.15, 0.2) is 5.79 Å². The Balaban J connectivity index is 1.62. The topological polar surface area (TPSA) is 47.6 Å². The molecular weight excluding hydrogens is 374 g/mol. The quantitative estimate of drug-likeness (QED) is 0.666. The van der Waals surface area contributed by atoms with E-state index in [2.05, 4.69) is 5.32 Å². The lowest BCUT2D eigenvalue weighted by molar-refractivity contribution is -0.284. The number of ether oxygens (including phenoxy) is 2. The van der Waals surface area contributed by atoms with Crippen LogP contribution in [0.4, 0.5) is 0 Å². The third-order valence-corrected chi connectivity index (χ3v) is 5.37. The van der Waals surface area contributed by atoms with E-state index in [4.69, 9.17) is 9.47 Å². The van der Waals surface area contributed by atoms with Crippen LogP contribution in [0.15, 0.2) is 91.0 Å². The van der Waals surface area contributed by atoms with Gasteiger partial charge in [-0.05, 0) is 30.5 Å². The summed E-state index contributed by atoms with van der Waals surface area (Å²) in [5.41, 5.74) is 2.93. The maximum Gasteiger partial charge on any atom is 0.232 e. The summed E-state index contributed by atoms with van der Waals surface area (Å²) >= 11 is 0. The second-order valence-electron chi connectivity index (χ2n) is 8.03. The molecule has 1 aliphatic heterocycles. The van der Waals surface area contributed by atoms with Gasteiger partial charge in [0, 0.05) is 0 Å². The summed E-state index contributed by atoms with van der Waals surface area (Å²) in [6, 6.07) is 29.4. The van der Waals surface area contributed by atoms with E-state index < -0.39 is 11.7 Å². The molecule has 1 aliphatic rings. The van der Waals surface area contributed by atoms with E-state index in [-0.39, 0.29) is 18.1 Å². The van der Waals surface area contributed by atoms with Gasteiger partial charge in [0.25, 0.3) is 0 Å². The van der Waals surface area contributed by atoms with Crippen LogP contribution < -0.4 is 5.32 Å². The van der Waals surface area contributed by atoms with Crippen molar-refractivity contribution < 1.29 is 14.3 Å². The normalized spacial score (nSPS) is 20.6. The number of amides is 1. The van der Waals surface area contributed by atoms with Crippen molar-refractivity contribution in [2.75, 3.05) is 6.61 Å². The van der Waals surface area contributed by atoms with Gasteiger partial charge >= 0.3 is 0 Å². The second kappa shape index (κ2) is 8.82. The molecule has 4 heteroatoms. The molecule has 0 aromatic heterocycles. The molecule has 2 atom stereocenters. The monoisotopic (exact) mass is 401 g/mol. The van der Waals surface area contributed by atoms with Crippen LogP contribution in [0.5, 0.6) is 0 Å². The zero-order valence-corrected chi connectivity index (χ0v) is 17.3. The number of carbonyl (C=O) groups is 1. The number of nitrogens with one attached hydrogen (secondary N) is 1. The fraction of sp³-hybridized carbons (Fsp3) is 0.269. The average molecular weight is 402 g/mol. The van der Waals surface area contributed by atoms with Crippen LogP contribution in [0.2, 0.25) is 0 Å². The summed E-state index contributed by atoms with van der Waals surface area (Å²) in [7, 11) is 0. The molecule has 1 amide bonds. The standard InChI is InChI=1S/C26H27NO3/c1-26(2)29-18-22(24(30-26)21-16-10-5-11-17-21)27-25(28)23(19-12-6-3-7-13-19)20-14-8-4-9-15-20/h3-17,22-24H,18H2,1-2H3,(H,27,28). The second-order valence-corrected chi connectivity index (χ2v) is 8.03. The Hall–Kier alpha value is -2.95. The largest absolute Gasteiger partial charge is 0.348 e. The Morgan fingerprint density at radius 3 is 1.90 bits per heavy atom. The third kappa shape index (κ3) is 4.61. The molecular formula is C26H27NO3. The summed E-state index contributed by atoms with van der Waals surface area (Å²) in [5, 5.41) is 3.21. The van der Waals surface area contributed by atoms with Gasteiger partial charge < -0.3 is 14.8 Å². The highest BCUT2D eigenvalue weighted by molar-refractivity contribution is 5.87. The number of benzene rings is 3. The van der Waals surface area contributed by atoms with E-state index in [0.717, 1.165) is 16.7 Å². The summed E-state index contributed by atoms with van der Waals surface area (Å²) in [4.78, 5) is 13.5. The first-order valence-corrected chi connectivity index (χ1v) is 10.3. The molecule has 0 bridgehead atoms. The van der Waals surface area contributed by atoms with Crippen molar-refractivity contribution in [2.45, 2.75) is 37.7 Å². The highest BCUT2D eigenvalue weighted by Crippen LogP contribution is 2.34. The van der Waals surface area contributed by atoms with Gasteiger partial charge in [0.1, 0.15) is 6.10 Å². The molecule has 4 rings (SSSR count). The van der Waals surface area contributed by atoms with Gasteiger partial charge in [0.2, 0.25) is 5.91 Å². The average Bonchev–Trinajstić information content (AvgIpc) is 2.77. The van der Waals surface area contributed by atoms with E-state index in [1.54, 1.807) is 0 Å². The predicted molar refractivity (Wildman–Crippen MR) is 117 cm³/mol. The van der Waals surface area contributed by atoms with E-state index in [1.807, 2.05) is 105 Å². The number of rotatable bonds is 5. The molecule has 0 aliphatic carbocycles. The van der Waals surface area contributed by atoms with Gasteiger partial charge in [-0.15, -0.1) is 0 Å². The zero-order chi connectivity index (χ0) is 21.0. The fourth-order valence-corrected chi connectivity index (χ4v) is 3.91. The molecule has 1 N–H and O–H groups in total. The Bertz CT molecular complexity index is 918. The first-order valence-electron chi connectivity index (χ1n) is 10.3. The maximum atomic E-state index is 13.5. The molecule has 0 radical (unpaired) electrons. The van der Waals surface area contributed by atoms with Crippen LogP contribution >= 0.6 is 0 Å². The van der Waals surface area contributed by atoms with Gasteiger partial charge in [-0.25, -0.2) is 0 Å². The first kappa shape index (κ1) is 20.3. The first-order chi connectivity index (χ1) is 14.5. The van der Waals surface area contributed by atoms with Gasteiger partial charge in [0.05, 0.1) is 18.6 Å². The lowest BCUT2D eigenvalue weighted by atomic mass is 9.90. The summed E-state index contributed by atoms with van der Waals surface area (Å²) in [5.74, 6) is -1.18. The molecule has 1 heterocycles. The molecule has 4 nitrogen and oxygen atoms in total. The van der Waals surface area contributed by atoms with Crippen molar-refractivity contribution >= 4 is 5.91 Å². The lowest BCUT2D eigenvalue weighted by Gasteiger charge is -2.42. The van der Waals surface area contributed by atoms with E-state index >= 15 is 0 Å². The smallest absolute Gasteiger partial charge is 0.232 e. The molecule has 30 heavy (non-hydrogen) atoms. The van der Waals surface area contributed by atoms with Crippen molar-refractivity contribution in [2.24, 2.45) is 0 Å². The Kier molecular flexibility index (Phi) is 5.98. The summed E-state index contributed by atoms with van der Waals surface area (Å²) < 4.78 is 12.1. The van der Waals surface area contributed by atoms with E-state index in [0.29, 0.717) is 6.61 Å². The summed E-state index contributed by atoms with van der Waals surface area (Å²) in [6.45, 7) is 4.18. The molecule has 3 aromatic carbocycles. The molecule has 1 saturated heterocycles. The van der Waals surface area contributed by atoms with Crippen molar-refractivity contribution in [3.8, 4) is 0 Å². The number of carbonyl (C=O) groups excluding carboxylic acids is 1. The highest BCUT2D eigenvalue weighted by atomic mass is 16.7. The van der Waals surface area contributed by atoms with Crippen LogP contribution in [-0.4, -0.2) is 24.3 Å². The van der Waals surface area contributed by atoms with Gasteiger partial charge in [-0.2, -0.15) is 0 Å². The van der Waals surface area contributed by atoms with Crippen LogP contribution in [0.1, 0.15) is 42.6 Å². The Labute approximate surface area is 177 Å². The van der Waals surface area contributed by atoms with Gasteiger partial charge in [-0.3, -0.25) is 4.79 Å². The van der Waals surface area contributed by atoms with Crippen molar-refractivity contribution in [1.82, 2.24) is 5.32 Å². The molecule has 1 fully saturated rings. The minimum Gasteiger partial charge on any atom is -0.348 e. The van der Waals surface area contributed by atoms with Gasteiger partial charge in [-0.1, -0.05) is 91.0 Å². The van der Waals surface area contributed by atoms with E-state index in [1.165, 1.54) is 0 Å². The molecule has 2 unspecified atom stereocenters. The highest BCUT2D eigenvalue weighted by Gasteiger charge is 2.39. The van der Waals surface area contributed by atoms with Crippen LogP contribution in [0.25, 0.3) is 0 Å². The Morgan fingerprint density at radius 2 is 1.37 bits per heavy atom. The SMILES string of the molecule is CC1(C)OCC(NC(=O)C(c2ccccc2)c2ccccc2)C(c2ccccc2)O1. The van der Waals surface area contributed by atoms with Crippen LogP contribution in [-0.2, 0) is 14.3 Å². The molecule has 0 spiro atoms. The van der Waals surface area contributed by atoms with Crippen LogP contribution in [0.3, 0.4) is 0 Å². The maximum absolute atomic E-state index is 13.5. The molecule has 154 valence electrons. The van der Waals surface area contributed by atoms with Crippen molar-refractivity contribution in [1.29, 1.82) is 0 Å². The van der Waals surface area contributed by atoms with Crippen molar-refractivity contribution in [3.63, 3.8) is 0 Å². The number of hydrogen-bond acceptors (Lipinski definition) is 3. The molecule has 0 saturated carbocycles. The lowest BCUT2D eigenvalue weighted by Crippen LogP contribution is -2.52. The molecule has 3 aromatic rings. The summed E-state index contributed by atoms with van der Waals surface area (Å²) in [6.07, 6.45) is -0.286. The minimum absolute atomic E-state index is 0.0646. The third-order valence-electron chi connectivity index (χ3n) is 5.37. The minimum atomic E-state index is -0.708. The fourth-order valence-electron chi connectivity index (χ4n) is 3.91. The van der Waals surface area contributed by atoms with Crippen LogP contribution in [0, 0.1) is 0 Å². The van der Waals surface area contributed by atoms with Crippen molar-refractivity contribution in [3.05, 3.63) is 108 Å². The Morgan fingerprint density at radius 1 is 0.867 bits per heavy atom. The van der Waals surface area contributed by atoms with E-state index in [9.17, 15) is 4.79 Å².